The van der Waals surface area contributed by atoms with Gasteiger partial charge in [-0.2, -0.15) is 17.0 Å². The van der Waals surface area contributed by atoms with Gasteiger partial charge < -0.3 is 15.0 Å². The van der Waals surface area contributed by atoms with E-state index in [0.29, 0.717) is 52.5 Å². The molecule has 2 heterocycles. The van der Waals surface area contributed by atoms with Gasteiger partial charge >= 0.3 is 6.03 Å². The lowest BCUT2D eigenvalue weighted by atomic mass is 10.3. The summed E-state index contributed by atoms with van der Waals surface area (Å²) in [7, 11) is -3.47. The highest BCUT2D eigenvalue weighted by Gasteiger charge is 2.34. The second kappa shape index (κ2) is 8.16. The van der Waals surface area contributed by atoms with Crippen molar-refractivity contribution in [2.75, 3.05) is 57.8 Å². The first kappa shape index (κ1) is 18.8. The zero-order chi connectivity index (χ0) is 17.9. The number of ether oxygens (including phenoxy) is 1. The van der Waals surface area contributed by atoms with E-state index in [1.807, 2.05) is 24.3 Å². The van der Waals surface area contributed by atoms with Gasteiger partial charge in [-0.1, -0.05) is 6.07 Å². The number of morpholine rings is 1. The molecular weight excluding hydrogens is 459 g/mol. The normalized spacial score (nSPS) is 20.4. The zero-order valence-electron chi connectivity index (χ0n) is 13.7. The van der Waals surface area contributed by atoms with E-state index in [1.165, 1.54) is 8.61 Å². The van der Waals surface area contributed by atoms with Crippen LogP contribution in [-0.4, -0.2) is 80.4 Å². The summed E-state index contributed by atoms with van der Waals surface area (Å²) in [5, 5.41) is 2.86. The summed E-state index contributed by atoms with van der Waals surface area (Å²) in [5.74, 6) is 0. The van der Waals surface area contributed by atoms with E-state index in [-0.39, 0.29) is 6.03 Å². The molecule has 2 aliphatic heterocycles. The molecule has 2 aliphatic rings. The van der Waals surface area contributed by atoms with Crippen LogP contribution in [0.5, 0.6) is 0 Å². The van der Waals surface area contributed by atoms with Crippen LogP contribution >= 0.6 is 22.6 Å². The Balaban J connectivity index is 1.55. The van der Waals surface area contributed by atoms with Crippen LogP contribution in [0, 0.1) is 3.57 Å². The number of carbonyl (C=O) groups is 1. The summed E-state index contributed by atoms with van der Waals surface area (Å²) in [4.78, 5) is 14.0. The molecule has 0 spiro atoms. The molecule has 2 amide bonds. The van der Waals surface area contributed by atoms with E-state index in [4.69, 9.17) is 4.74 Å². The average molecular weight is 480 g/mol. The van der Waals surface area contributed by atoms with E-state index in [1.54, 1.807) is 4.90 Å². The van der Waals surface area contributed by atoms with Gasteiger partial charge in [-0.3, -0.25) is 0 Å². The first-order chi connectivity index (χ1) is 12.0. The van der Waals surface area contributed by atoms with Gasteiger partial charge in [0.25, 0.3) is 10.2 Å². The Kier molecular flexibility index (Phi) is 6.15. The lowest BCUT2D eigenvalue weighted by Gasteiger charge is -2.37. The van der Waals surface area contributed by atoms with E-state index >= 15 is 0 Å². The van der Waals surface area contributed by atoms with Crippen LogP contribution in [0.1, 0.15) is 0 Å². The number of amides is 2. The van der Waals surface area contributed by atoms with E-state index in [9.17, 15) is 13.2 Å². The molecule has 8 nitrogen and oxygen atoms in total. The highest BCUT2D eigenvalue weighted by Crippen LogP contribution is 2.16. The number of benzene rings is 1. The predicted molar refractivity (Wildman–Crippen MR) is 103 cm³/mol. The maximum atomic E-state index is 12.6. The summed E-state index contributed by atoms with van der Waals surface area (Å²) >= 11 is 2.19. The van der Waals surface area contributed by atoms with Crippen LogP contribution in [0.15, 0.2) is 24.3 Å². The van der Waals surface area contributed by atoms with Crippen molar-refractivity contribution in [2.24, 2.45) is 0 Å². The number of nitrogens with zero attached hydrogens (tertiary/aromatic N) is 3. The predicted octanol–water partition coefficient (Wildman–Crippen LogP) is 1.02. The van der Waals surface area contributed by atoms with E-state index in [2.05, 4.69) is 27.9 Å². The largest absolute Gasteiger partial charge is 0.379 e. The molecule has 0 atom stereocenters. The second-order valence-corrected chi connectivity index (χ2v) is 9.02. The van der Waals surface area contributed by atoms with Crippen molar-refractivity contribution in [1.29, 1.82) is 0 Å². The molecule has 2 saturated heterocycles. The first-order valence-electron chi connectivity index (χ1n) is 8.11. The van der Waals surface area contributed by atoms with Crippen molar-refractivity contribution in [1.82, 2.24) is 13.5 Å². The third-order valence-electron chi connectivity index (χ3n) is 4.22. The van der Waals surface area contributed by atoms with Gasteiger partial charge in [0.1, 0.15) is 0 Å². The van der Waals surface area contributed by atoms with Gasteiger partial charge in [0.2, 0.25) is 0 Å². The number of nitrogens with one attached hydrogen (secondary N) is 1. The van der Waals surface area contributed by atoms with Crippen molar-refractivity contribution in [3.05, 3.63) is 27.8 Å². The highest BCUT2D eigenvalue weighted by atomic mass is 127. The van der Waals surface area contributed by atoms with Crippen LogP contribution in [-0.2, 0) is 14.9 Å². The summed E-state index contributed by atoms with van der Waals surface area (Å²) in [6, 6.07) is 7.34. The van der Waals surface area contributed by atoms with Gasteiger partial charge in [0, 0.05) is 48.5 Å². The molecule has 0 unspecified atom stereocenters. The lowest BCUT2D eigenvalue weighted by Crippen LogP contribution is -2.56. The fourth-order valence-corrected chi connectivity index (χ4v) is 4.94. The highest BCUT2D eigenvalue weighted by molar-refractivity contribution is 14.1. The van der Waals surface area contributed by atoms with Crippen LogP contribution < -0.4 is 5.32 Å². The summed E-state index contributed by atoms with van der Waals surface area (Å²) in [6.45, 7) is 2.98. The molecule has 25 heavy (non-hydrogen) atoms. The maximum absolute atomic E-state index is 12.6. The molecule has 138 valence electrons. The maximum Gasteiger partial charge on any atom is 0.321 e. The smallest absolute Gasteiger partial charge is 0.321 e. The summed E-state index contributed by atoms with van der Waals surface area (Å²) in [5.41, 5.74) is 0.736. The third kappa shape index (κ3) is 4.61. The van der Waals surface area contributed by atoms with Crippen molar-refractivity contribution >= 4 is 44.5 Å². The van der Waals surface area contributed by atoms with Crippen LogP contribution in [0.3, 0.4) is 0 Å². The topological polar surface area (TPSA) is 82.2 Å². The third-order valence-corrected chi connectivity index (χ3v) is 6.93. The first-order valence-corrected chi connectivity index (χ1v) is 10.6. The Hall–Kier alpha value is -0.950. The molecule has 0 saturated carbocycles. The van der Waals surface area contributed by atoms with Crippen LogP contribution in [0.25, 0.3) is 0 Å². The standard InChI is InChI=1S/C15H21IN4O4S/c16-13-2-1-3-14(12-13)17-15(21)18-4-6-19(7-5-18)25(22,23)20-8-10-24-11-9-20/h1-3,12H,4-11H2,(H,17,21). The molecule has 2 fully saturated rings. The van der Waals surface area contributed by atoms with Gasteiger partial charge in [-0.05, 0) is 40.8 Å². The van der Waals surface area contributed by atoms with E-state index < -0.39 is 10.2 Å². The minimum Gasteiger partial charge on any atom is -0.379 e. The molecule has 3 rings (SSSR count). The van der Waals surface area contributed by atoms with Crippen molar-refractivity contribution in [3.63, 3.8) is 0 Å². The van der Waals surface area contributed by atoms with E-state index in [0.717, 1.165) is 9.26 Å². The number of anilines is 1. The molecule has 0 radical (unpaired) electrons. The van der Waals surface area contributed by atoms with Crippen molar-refractivity contribution in [3.8, 4) is 0 Å². The molecule has 1 N–H and O–H groups in total. The molecule has 10 heteroatoms. The SMILES string of the molecule is O=C(Nc1cccc(I)c1)N1CCN(S(=O)(=O)N2CCOCC2)CC1. The number of carbonyl (C=O) groups excluding carboxylic acids is 1. The molecule has 1 aromatic rings. The second-order valence-electron chi connectivity index (χ2n) is 5.85. The fourth-order valence-electron chi connectivity index (χ4n) is 2.83. The summed E-state index contributed by atoms with van der Waals surface area (Å²) in [6.07, 6.45) is 0. The van der Waals surface area contributed by atoms with Crippen molar-refractivity contribution in [2.45, 2.75) is 0 Å². The van der Waals surface area contributed by atoms with Crippen LogP contribution in [0.4, 0.5) is 10.5 Å². The minimum absolute atomic E-state index is 0.203. The molecular formula is C15H21IN4O4S. The number of urea groups is 1. The summed E-state index contributed by atoms with van der Waals surface area (Å²) < 4.78 is 34.4. The Labute approximate surface area is 161 Å². The lowest BCUT2D eigenvalue weighted by molar-refractivity contribution is 0.0691. The van der Waals surface area contributed by atoms with Gasteiger partial charge in [-0.25, -0.2) is 4.79 Å². The Morgan fingerprint density at radius 2 is 1.68 bits per heavy atom. The Morgan fingerprint density at radius 1 is 1.04 bits per heavy atom. The van der Waals surface area contributed by atoms with Gasteiger partial charge in [0.15, 0.2) is 0 Å². The number of rotatable bonds is 3. The molecule has 0 aromatic heterocycles. The number of piperazine rings is 1. The van der Waals surface area contributed by atoms with Crippen molar-refractivity contribution < 1.29 is 17.9 Å². The number of hydrogen-bond donors (Lipinski definition) is 1. The molecule has 1 aromatic carbocycles. The quantitative estimate of drug-likeness (QED) is 0.656. The Bertz CT molecular complexity index is 716. The van der Waals surface area contributed by atoms with Gasteiger partial charge in [0.05, 0.1) is 13.2 Å². The molecule has 0 bridgehead atoms. The minimum atomic E-state index is -3.47. The number of hydrogen-bond acceptors (Lipinski definition) is 4. The zero-order valence-corrected chi connectivity index (χ0v) is 16.7. The molecule has 0 aliphatic carbocycles. The van der Waals surface area contributed by atoms with Crippen LogP contribution in [0.2, 0.25) is 0 Å². The average Bonchev–Trinajstić information content (AvgIpc) is 2.62. The van der Waals surface area contributed by atoms with Gasteiger partial charge in [-0.15, -0.1) is 0 Å². The monoisotopic (exact) mass is 480 g/mol. The Morgan fingerprint density at radius 3 is 2.32 bits per heavy atom. The fraction of sp³-hybridized carbons (Fsp3) is 0.533. The number of halogens is 1.